The van der Waals surface area contributed by atoms with E-state index in [9.17, 15) is 10.1 Å². The molecule has 2 atom stereocenters. The zero-order valence-electron chi connectivity index (χ0n) is 15.6. The highest BCUT2D eigenvalue weighted by Crippen LogP contribution is 2.47. The number of halogens is 1. The number of hydrogen-bond donors (Lipinski definition) is 0. The molecule has 1 aliphatic carbocycles. The maximum Gasteiger partial charge on any atom is 0.269 e. The molecule has 27 heavy (non-hydrogen) atoms. The summed E-state index contributed by atoms with van der Waals surface area (Å²) in [6.07, 6.45) is 1.31. The molecule has 144 valence electrons. The van der Waals surface area contributed by atoms with E-state index in [-0.39, 0.29) is 27.6 Å². The fraction of sp³-hybridized carbons (Fsp3) is 0.429. The summed E-state index contributed by atoms with van der Waals surface area (Å²) in [5.41, 5.74) is 3.77. The van der Waals surface area contributed by atoms with E-state index in [2.05, 4.69) is 40.1 Å². The molecule has 0 amide bonds. The number of rotatable bonds is 5. The second-order valence-electron chi connectivity index (χ2n) is 7.53. The van der Waals surface area contributed by atoms with Gasteiger partial charge in [-0.05, 0) is 42.4 Å². The SMILES string of the molecule is Br.Cc1cc([N+](=O)[O-])ccc1N1CCN(C[C@@H]2C[C@H]2c2ccccc2)CC1. The number of anilines is 1. The van der Waals surface area contributed by atoms with Crippen molar-refractivity contribution in [2.75, 3.05) is 37.6 Å². The zero-order chi connectivity index (χ0) is 18.1. The van der Waals surface area contributed by atoms with Crippen molar-refractivity contribution in [3.05, 3.63) is 69.8 Å². The van der Waals surface area contributed by atoms with Gasteiger partial charge < -0.3 is 4.90 Å². The predicted octanol–water partition coefficient (Wildman–Crippen LogP) is 4.41. The van der Waals surface area contributed by atoms with Crippen molar-refractivity contribution in [3.8, 4) is 0 Å². The Morgan fingerprint density at radius 3 is 2.41 bits per heavy atom. The first-order chi connectivity index (χ1) is 12.6. The van der Waals surface area contributed by atoms with Gasteiger partial charge in [-0.25, -0.2) is 0 Å². The van der Waals surface area contributed by atoms with Gasteiger partial charge in [0.05, 0.1) is 4.92 Å². The van der Waals surface area contributed by atoms with Crippen molar-refractivity contribution < 1.29 is 4.92 Å². The second kappa shape index (κ2) is 8.40. The summed E-state index contributed by atoms with van der Waals surface area (Å²) >= 11 is 0. The van der Waals surface area contributed by atoms with Gasteiger partial charge in [0.15, 0.2) is 0 Å². The first kappa shape index (κ1) is 19.8. The lowest BCUT2D eigenvalue weighted by molar-refractivity contribution is -0.384. The van der Waals surface area contributed by atoms with Gasteiger partial charge in [0, 0.05) is 50.5 Å². The molecule has 0 spiro atoms. The molecule has 1 saturated carbocycles. The largest absolute Gasteiger partial charge is 0.369 e. The third kappa shape index (κ3) is 4.50. The fourth-order valence-corrected chi connectivity index (χ4v) is 4.17. The van der Waals surface area contributed by atoms with Crippen molar-refractivity contribution in [1.29, 1.82) is 0 Å². The monoisotopic (exact) mass is 431 g/mol. The van der Waals surface area contributed by atoms with Crippen LogP contribution in [0.4, 0.5) is 11.4 Å². The van der Waals surface area contributed by atoms with Crippen molar-refractivity contribution >= 4 is 28.4 Å². The van der Waals surface area contributed by atoms with Crippen LogP contribution in [0.15, 0.2) is 48.5 Å². The number of aryl methyl sites for hydroxylation is 1. The molecule has 0 bridgehead atoms. The fourth-order valence-electron chi connectivity index (χ4n) is 4.17. The summed E-state index contributed by atoms with van der Waals surface area (Å²) in [7, 11) is 0. The number of benzene rings is 2. The molecule has 0 N–H and O–H groups in total. The van der Waals surface area contributed by atoms with Crippen LogP contribution < -0.4 is 4.90 Å². The van der Waals surface area contributed by atoms with E-state index in [1.165, 1.54) is 18.5 Å². The highest BCUT2D eigenvalue weighted by molar-refractivity contribution is 8.93. The molecule has 0 unspecified atom stereocenters. The van der Waals surface area contributed by atoms with E-state index < -0.39 is 0 Å². The summed E-state index contributed by atoms with van der Waals surface area (Å²) in [6.45, 7) is 7.25. The third-order valence-electron chi connectivity index (χ3n) is 5.75. The molecule has 0 radical (unpaired) electrons. The first-order valence-electron chi connectivity index (χ1n) is 9.39. The highest BCUT2D eigenvalue weighted by Gasteiger charge is 2.39. The maximum atomic E-state index is 10.9. The summed E-state index contributed by atoms with van der Waals surface area (Å²) in [4.78, 5) is 15.5. The second-order valence-corrected chi connectivity index (χ2v) is 7.53. The number of nitro benzene ring substituents is 1. The number of non-ortho nitro benzene ring substituents is 1. The molecule has 6 heteroatoms. The van der Waals surface area contributed by atoms with Crippen LogP contribution in [0.2, 0.25) is 0 Å². The number of nitro groups is 1. The lowest BCUT2D eigenvalue weighted by Gasteiger charge is -2.37. The van der Waals surface area contributed by atoms with Gasteiger partial charge in [-0.2, -0.15) is 0 Å². The van der Waals surface area contributed by atoms with E-state index in [0.717, 1.165) is 49.3 Å². The molecule has 2 aromatic rings. The van der Waals surface area contributed by atoms with Crippen LogP contribution >= 0.6 is 17.0 Å². The molecule has 0 aromatic heterocycles. The Labute approximate surface area is 170 Å². The predicted molar refractivity (Wildman–Crippen MR) is 114 cm³/mol. The summed E-state index contributed by atoms with van der Waals surface area (Å²) in [5.74, 6) is 1.54. The molecule has 1 heterocycles. The van der Waals surface area contributed by atoms with Crippen LogP contribution in [0.3, 0.4) is 0 Å². The number of hydrogen-bond acceptors (Lipinski definition) is 4. The molecule has 1 aliphatic heterocycles. The van der Waals surface area contributed by atoms with Crippen molar-refractivity contribution in [2.45, 2.75) is 19.3 Å². The van der Waals surface area contributed by atoms with Crippen LogP contribution in [0.5, 0.6) is 0 Å². The van der Waals surface area contributed by atoms with Crippen LogP contribution in [-0.2, 0) is 0 Å². The molecule has 4 rings (SSSR count). The van der Waals surface area contributed by atoms with Gasteiger partial charge in [0.1, 0.15) is 0 Å². The average molecular weight is 432 g/mol. The Morgan fingerprint density at radius 2 is 1.78 bits per heavy atom. The van der Waals surface area contributed by atoms with Gasteiger partial charge in [0.25, 0.3) is 5.69 Å². The Kier molecular flexibility index (Phi) is 6.17. The van der Waals surface area contributed by atoms with E-state index >= 15 is 0 Å². The average Bonchev–Trinajstić information content (AvgIpc) is 3.42. The lowest BCUT2D eigenvalue weighted by Crippen LogP contribution is -2.47. The van der Waals surface area contributed by atoms with Crippen LogP contribution in [-0.4, -0.2) is 42.5 Å². The van der Waals surface area contributed by atoms with Gasteiger partial charge in [-0.1, -0.05) is 30.3 Å². The van der Waals surface area contributed by atoms with E-state index in [0.29, 0.717) is 0 Å². The van der Waals surface area contributed by atoms with E-state index in [1.54, 1.807) is 12.1 Å². The highest BCUT2D eigenvalue weighted by atomic mass is 79.9. The standard InChI is InChI=1S/C21H25N3O2.BrH/c1-16-13-19(24(25)26)7-8-21(16)23-11-9-22(10-12-23)15-18-14-20(18)17-5-3-2-4-6-17;/h2-8,13,18,20H,9-12,14-15H2,1H3;1H/t18-,20-;/m0./s1. The molecule has 2 aliphatic rings. The Bertz CT molecular complexity index is 791. The smallest absolute Gasteiger partial charge is 0.269 e. The van der Waals surface area contributed by atoms with E-state index in [1.807, 2.05) is 13.0 Å². The Morgan fingerprint density at radius 1 is 1.07 bits per heavy atom. The summed E-state index contributed by atoms with van der Waals surface area (Å²) in [6, 6.07) is 16.0. The van der Waals surface area contributed by atoms with Crippen molar-refractivity contribution in [3.63, 3.8) is 0 Å². The Hall–Kier alpha value is -1.92. The van der Waals surface area contributed by atoms with Gasteiger partial charge in [0.2, 0.25) is 0 Å². The zero-order valence-corrected chi connectivity index (χ0v) is 17.3. The minimum atomic E-state index is -0.326. The normalized spacial score (nSPS) is 22.2. The molecular formula is C21H26BrN3O2. The molecule has 5 nitrogen and oxygen atoms in total. The van der Waals surface area contributed by atoms with Gasteiger partial charge >= 0.3 is 0 Å². The lowest BCUT2D eigenvalue weighted by atomic mass is 10.1. The van der Waals surface area contributed by atoms with Crippen LogP contribution in [0, 0.1) is 23.0 Å². The minimum absolute atomic E-state index is 0. The van der Waals surface area contributed by atoms with Gasteiger partial charge in [-0.15, -0.1) is 17.0 Å². The first-order valence-corrected chi connectivity index (χ1v) is 9.39. The molecular weight excluding hydrogens is 406 g/mol. The number of piperazine rings is 1. The quantitative estimate of drug-likeness (QED) is 0.519. The van der Waals surface area contributed by atoms with Crippen LogP contribution in [0.1, 0.15) is 23.5 Å². The molecule has 1 saturated heterocycles. The minimum Gasteiger partial charge on any atom is -0.369 e. The summed E-state index contributed by atoms with van der Waals surface area (Å²) in [5, 5.41) is 10.9. The maximum absolute atomic E-state index is 10.9. The number of nitrogens with zero attached hydrogens (tertiary/aromatic N) is 3. The van der Waals surface area contributed by atoms with Crippen LogP contribution in [0.25, 0.3) is 0 Å². The van der Waals surface area contributed by atoms with Crippen molar-refractivity contribution in [2.24, 2.45) is 5.92 Å². The molecule has 2 fully saturated rings. The third-order valence-corrected chi connectivity index (χ3v) is 5.75. The van der Waals surface area contributed by atoms with Crippen molar-refractivity contribution in [1.82, 2.24) is 4.90 Å². The van der Waals surface area contributed by atoms with Gasteiger partial charge in [-0.3, -0.25) is 15.0 Å². The topological polar surface area (TPSA) is 49.6 Å². The van der Waals surface area contributed by atoms with E-state index in [4.69, 9.17) is 0 Å². The Balaban J connectivity index is 0.00000210. The summed E-state index contributed by atoms with van der Waals surface area (Å²) < 4.78 is 0. The molecule has 2 aromatic carbocycles.